The molecule has 108 valence electrons. The van der Waals surface area contributed by atoms with Crippen LogP contribution in [-0.4, -0.2) is 65.1 Å². The van der Waals surface area contributed by atoms with E-state index in [1.54, 1.807) is 0 Å². The molecule has 0 bridgehead atoms. The van der Waals surface area contributed by atoms with Crippen molar-refractivity contribution in [3.8, 4) is 0 Å². The molecule has 1 heterocycles. The van der Waals surface area contributed by atoms with Crippen LogP contribution in [-0.2, 0) is 23.7 Å². The van der Waals surface area contributed by atoms with Crippen LogP contribution in [0, 0.1) is 0 Å². The summed E-state index contributed by atoms with van der Waals surface area (Å²) >= 11 is 0. The number of hydrogen-bond donors (Lipinski definition) is 0. The minimum absolute atomic E-state index is 0.266. The van der Waals surface area contributed by atoms with Crippen molar-refractivity contribution in [1.82, 2.24) is 0 Å². The molecule has 0 spiro atoms. The van der Waals surface area contributed by atoms with Crippen LogP contribution in [0.15, 0.2) is 0 Å². The molecule has 0 aromatic carbocycles. The minimum Gasteiger partial charge on any atom is -0.379 e. The van der Waals surface area contributed by atoms with Crippen LogP contribution < -0.4 is 0 Å². The van der Waals surface area contributed by atoms with Crippen molar-refractivity contribution in [1.29, 1.82) is 0 Å². The predicted molar refractivity (Wildman–Crippen MR) is 67.9 cm³/mol. The first-order valence-electron chi connectivity index (χ1n) is 6.66. The molecule has 1 aliphatic heterocycles. The molecule has 0 aromatic rings. The van der Waals surface area contributed by atoms with E-state index in [1.807, 2.05) is 13.8 Å². The summed E-state index contributed by atoms with van der Waals surface area (Å²) in [4.78, 5) is 0. The lowest BCUT2D eigenvalue weighted by Crippen LogP contribution is -2.32. The Bertz CT molecular complexity index is 178. The lowest BCUT2D eigenvalue weighted by atomic mass is 10.1. The van der Waals surface area contributed by atoms with Gasteiger partial charge in [-0.15, -0.1) is 0 Å². The second kappa shape index (κ2) is 9.69. The lowest BCUT2D eigenvalue weighted by Gasteiger charge is -2.25. The van der Waals surface area contributed by atoms with E-state index in [0.29, 0.717) is 59.5 Å². The van der Waals surface area contributed by atoms with Gasteiger partial charge in [0.2, 0.25) is 0 Å². The lowest BCUT2D eigenvalue weighted by molar-refractivity contribution is -0.0957. The number of hydrogen-bond acceptors (Lipinski definition) is 5. The highest BCUT2D eigenvalue weighted by Gasteiger charge is 2.18. The van der Waals surface area contributed by atoms with Crippen molar-refractivity contribution in [2.45, 2.75) is 25.9 Å². The second-order valence-electron chi connectivity index (χ2n) is 4.85. The van der Waals surface area contributed by atoms with Gasteiger partial charge in [-0.05, 0) is 20.3 Å². The van der Waals surface area contributed by atoms with Gasteiger partial charge in [-0.25, -0.2) is 0 Å². The topological polar surface area (TPSA) is 46.2 Å². The van der Waals surface area contributed by atoms with E-state index in [1.165, 1.54) is 0 Å². The molecule has 1 aliphatic rings. The standard InChI is InChI=1S/C13H26O5/c1-13(2)12-17-5-3-4-14-6-7-15-8-9-16-10-11-18-13/h3-12H2,1-2H3. The van der Waals surface area contributed by atoms with E-state index in [2.05, 4.69) is 0 Å². The average molecular weight is 262 g/mol. The second-order valence-corrected chi connectivity index (χ2v) is 4.85. The maximum Gasteiger partial charge on any atom is 0.0860 e. The zero-order valence-corrected chi connectivity index (χ0v) is 11.6. The van der Waals surface area contributed by atoms with Gasteiger partial charge in [0.25, 0.3) is 0 Å². The zero-order valence-electron chi connectivity index (χ0n) is 11.6. The average Bonchev–Trinajstić information content (AvgIpc) is 2.32. The Hall–Kier alpha value is -0.200. The molecule has 5 nitrogen and oxygen atoms in total. The molecule has 5 heteroatoms. The molecule has 0 unspecified atom stereocenters. The van der Waals surface area contributed by atoms with Crippen LogP contribution >= 0.6 is 0 Å². The van der Waals surface area contributed by atoms with Gasteiger partial charge in [-0.1, -0.05) is 0 Å². The van der Waals surface area contributed by atoms with E-state index in [4.69, 9.17) is 23.7 Å². The normalized spacial score (nSPS) is 25.7. The summed E-state index contributed by atoms with van der Waals surface area (Å²) in [6.07, 6.45) is 0.902. The Balaban J connectivity index is 2.20. The van der Waals surface area contributed by atoms with Gasteiger partial charge in [0.05, 0.1) is 51.8 Å². The molecular formula is C13H26O5. The summed E-state index contributed by atoms with van der Waals surface area (Å²) in [7, 11) is 0. The molecule has 18 heavy (non-hydrogen) atoms. The van der Waals surface area contributed by atoms with E-state index >= 15 is 0 Å². The molecule has 0 saturated carbocycles. The molecule has 1 saturated heterocycles. The fourth-order valence-corrected chi connectivity index (χ4v) is 1.54. The minimum atomic E-state index is -0.266. The third-order valence-electron chi connectivity index (χ3n) is 2.49. The highest BCUT2D eigenvalue weighted by molar-refractivity contribution is 4.67. The third-order valence-corrected chi connectivity index (χ3v) is 2.49. The Morgan fingerprint density at radius 1 is 0.611 bits per heavy atom. The maximum atomic E-state index is 5.71. The highest BCUT2D eigenvalue weighted by Crippen LogP contribution is 2.09. The first kappa shape index (κ1) is 15.9. The molecular weight excluding hydrogens is 236 g/mol. The zero-order chi connectivity index (χ0) is 13.1. The van der Waals surface area contributed by atoms with Crippen molar-refractivity contribution >= 4 is 0 Å². The summed E-state index contributed by atoms with van der Waals surface area (Å²) in [5.74, 6) is 0. The summed E-state index contributed by atoms with van der Waals surface area (Å²) < 4.78 is 27.4. The summed E-state index contributed by atoms with van der Waals surface area (Å²) in [6.45, 7) is 9.67. The van der Waals surface area contributed by atoms with Crippen LogP contribution in [0.25, 0.3) is 0 Å². The molecule has 0 aromatic heterocycles. The number of ether oxygens (including phenoxy) is 5. The van der Waals surface area contributed by atoms with E-state index < -0.39 is 0 Å². The van der Waals surface area contributed by atoms with Crippen LogP contribution in [0.5, 0.6) is 0 Å². The van der Waals surface area contributed by atoms with Crippen molar-refractivity contribution in [3.05, 3.63) is 0 Å². The summed E-state index contributed by atoms with van der Waals surface area (Å²) in [5, 5.41) is 0. The van der Waals surface area contributed by atoms with Gasteiger partial charge in [0.15, 0.2) is 0 Å². The van der Waals surface area contributed by atoms with Gasteiger partial charge in [-0.3, -0.25) is 0 Å². The van der Waals surface area contributed by atoms with Crippen molar-refractivity contribution in [2.75, 3.05) is 59.5 Å². The molecule has 1 fully saturated rings. The van der Waals surface area contributed by atoms with Crippen molar-refractivity contribution in [2.24, 2.45) is 0 Å². The first-order valence-corrected chi connectivity index (χ1v) is 6.66. The molecule has 0 atom stereocenters. The Morgan fingerprint density at radius 3 is 1.78 bits per heavy atom. The Labute approximate surface area is 110 Å². The van der Waals surface area contributed by atoms with Crippen LogP contribution in [0.2, 0.25) is 0 Å². The molecule has 1 rings (SSSR count). The van der Waals surface area contributed by atoms with E-state index in [-0.39, 0.29) is 5.60 Å². The van der Waals surface area contributed by atoms with E-state index in [9.17, 15) is 0 Å². The fourth-order valence-electron chi connectivity index (χ4n) is 1.54. The third kappa shape index (κ3) is 8.83. The smallest absolute Gasteiger partial charge is 0.0860 e. The van der Waals surface area contributed by atoms with Gasteiger partial charge >= 0.3 is 0 Å². The SMILES string of the molecule is CC1(C)COCCCOCCOCCOCCO1. The molecule has 0 N–H and O–H groups in total. The Kier molecular flexibility index (Phi) is 8.54. The monoisotopic (exact) mass is 262 g/mol. The highest BCUT2D eigenvalue weighted by atomic mass is 16.6. The van der Waals surface area contributed by atoms with Gasteiger partial charge in [0.1, 0.15) is 0 Å². The van der Waals surface area contributed by atoms with Crippen LogP contribution in [0.3, 0.4) is 0 Å². The summed E-state index contributed by atoms with van der Waals surface area (Å²) in [5.41, 5.74) is -0.266. The summed E-state index contributed by atoms with van der Waals surface area (Å²) in [6, 6.07) is 0. The quantitative estimate of drug-likeness (QED) is 0.657. The fraction of sp³-hybridized carbons (Fsp3) is 1.00. The van der Waals surface area contributed by atoms with Crippen molar-refractivity contribution in [3.63, 3.8) is 0 Å². The van der Waals surface area contributed by atoms with Crippen LogP contribution in [0.4, 0.5) is 0 Å². The van der Waals surface area contributed by atoms with Gasteiger partial charge in [-0.2, -0.15) is 0 Å². The first-order chi connectivity index (χ1) is 8.71. The van der Waals surface area contributed by atoms with E-state index in [0.717, 1.165) is 6.42 Å². The molecule has 0 radical (unpaired) electrons. The largest absolute Gasteiger partial charge is 0.379 e. The van der Waals surface area contributed by atoms with Crippen molar-refractivity contribution < 1.29 is 23.7 Å². The number of rotatable bonds is 0. The maximum absolute atomic E-state index is 5.71. The predicted octanol–water partition coefficient (Wildman–Crippen LogP) is 1.25. The van der Waals surface area contributed by atoms with Gasteiger partial charge in [0, 0.05) is 13.2 Å². The molecule has 0 aliphatic carbocycles. The molecule has 0 amide bonds. The van der Waals surface area contributed by atoms with Gasteiger partial charge < -0.3 is 23.7 Å². The van der Waals surface area contributed by atoms with Crippen LogP contribution in [0.1, 0.15) is 20.3 Å². The Morgan fingerprint density at radius 2 is 1.11 bits per heavy atom.